The van der Waals surface area contributed by atoms with E-state index in [4.69, 9.17) is 4.52 Å². The molecule has 0 radical (unpaired) electrons. The van der Waals surface area contributed by atoms with E-state index in [1.54, 1.807) is 18.3 Å². The van der Waals surface area contributed by atoms with Crippen LogP contribution in [0.5, 0.6) is 0 Å². The van der Waals surface area contributed by atoms with E-state index in [1.807, 2.05) is 6.92 Å². The summed E-state index contributed by atoms with van der Waals surface area (Å²) >= 11 is 1.55. The van der Waals surface area contributed by atoms with Crippen LogP contribution < -0.4 is 5.32 Å². The minimum Gasteiger partial charge on any atom is -0.361 e. The van der Waals surface area contributed by atoms with Gasteiger partial charge in [0.2, 0.25) is 0 Å². The molecule has 24 heavy (non-hydrogen) atoms. The normalized spacial score (nSPS) is 16.5. The van der Waals surface area contributed by atoms with Crippen LogP contribution in [-0.2, 0) is 19.3 Å². The number of hydrogen-bond donors (Lipinski definition) is 1. The highest BCUT2D eigenvalue weighted by Crippen LogP contribution is 2.40. The van der Waals surface area contributed by atoms with Gasteiger partial charge in [0, 0.05) is 4.88 Å². The van der Waals surface area contributed by atoms with Crippen LogP contribution in [0, 0.1) is 24.2 Å². The second kappa shape index (κ2) is 6.78. The fraction of sp³-hybridized carbons (Fsp3) is 0.500. The van der Waals surface area contributed by atoms with Crippen LogP contribution in [0.2, 0.25) is 0 Å². The molecular weight excluding hydrogens is 322 g/mol. The van der Waals surface area contributed by atoms with E-state index < -0.39 is 0 Å². The molecule has 0 fully saturated rings. The van der Waals surface area contributed by atoms with Crippen molar-refractivity contribution in [1.82, 2.24) is 5.16 Å². The molecule has 2 aromatic rings. The number of anilines is 1. The van der Waals surface area contributed by atoms with Crippen LogP contribution in [0.3, 0.4) is 0 Å². The Morgan fingerprint density at radius 1 is 1.50 bits per heavy atom. The van der Waals surface area contributed by atoms with Crippen LogP contribution in [0.4, 0.5) is 5.00 Å². The van der Waals surface area contributed by atoms with Gasteiger partial charge < -0.3 is 9.84 Å². The summed E-state index contributed by atoms with van der Waals surface area (Å²) in [4.78, 5) is 13.9. The molecule has 0 aromatic carbocycles. The molecule has 0 saturated carbocycles. The minimum absolute atomic E-state index is 0.243. The average molecular weight is 343 g/mol. The Morgan fingerprint density at radius 3 is 2.96 bits per heavy atom. The zero-order chi connectivity index (χ0) is 17.3. The molecule has 1 atom stereocenters. The smallest absolute Gasteiger partial charge is 0.261 e. The molecule has 1 amide bonds. The Kier molecular flexibility index (Phi) is 4.72. The third kappa shape index (κ3) is 2.84. The van der Waals surface area contributed by atoms with Gasteiger partial charge >= 0.3 is 0 Å². The number of thiophene rings is 1. The summed E-state index contributed by atoms with van der Waals surface area (Å²) in [5.74, 6) is 0.946. The lowest BCUT2D eigenvalue weighted by Gasteiger charge is -2.20. The molecule has 0 spiro atoms. The molecule has 0 unspecified atom stereocenters. The Labute approximate surface area is 145 Å². The van der Waals surface area contributed by atoms with E-state index in [1.165, 1.54) is 4.88 Å². The maximum atomic E-state index is 12.7. The first kappa shape index (κ1) is 16.7. The highest BCUT2D eigenvalue weighted by atomic mass is 32.1. The zero-order valence-corrected chi connectivity index (χ0v) is 15.0. The lowest BCUT2D eigenvalue weighted by atomic mass is 9.86. The Bertz CT molecular complexity index is 813. The molecule has 0 aliphatic heterocycles. The molecule has 1 aliphatic rings. The number of amides is 1. The summed E-state index contributed by atoms with van der Waals surface area (Å²) in [6.07, 6.45) is 4.83. The summed E-state index contributed by atoms with van der Waals surface area (Å²) in [7, 11) is 0. The summed E-state index contributed by atoms with van der Waals surface area (Å²) in [6.45, 7) is 5.87. The average Bonchev–Trinajstić information content (AvgIpc) is 3.13. The fourth-order valence-electron chi connectivity index (χ4n) is 3.32. The number of nitriles is 1. The Hall–Kier alpha value is -2.13. The maximum absolute atomic E-state index is 12.7. The fourth-order valence-corrected chi connectivity index (χ4v) is 4.63. The van der Waals surface area contributed by atoms with Gasteiger partial charge in [0.15, 0.2) is 0 Å². The predicted molar refractivity (Wildman–Crippen MR) is 93.4 cm³/mol. The Balaban J connectivity index is 1.91. The number of nitrogens with zero attached hydrogens (tertiary/aromatic N) is 2. The first-order chi connectivity index (χ1) is 11.6. The Morgan fingerprint density at radius 2 is 2.29 bits per heavy atom. The van der Waals surface area contributed by atoms with Crippen molar-refractivity contribution >= 4 is 22.2 Å². The molecular formula is C18H21N3O2S. The second-order valence-electron chi connectivity index (χ2n) is 6.20. The monoisotopic (exact) mass is 343 g/mol. The van der Waals surface area contributed by atoms with Gasteiger partial charge in [-0.1, -0.05) is 25.4 Å². The first-order valence-corrected chi connectivity index (χ1v) is 9.21. The summed E-state index contributed by atoms with van der Waals surface area (Å²) in [6, 6.07) is 2.29. The molecule has 5 nitrogen and oxygen atoms in total. The van der Waals surface area contributed by atoms with Gasteiger partial charge in [0.25, 0.3) is 5.91 Å². The van der Waals surface area contributed by atoms with Crippen LogP contribution in [0.25, 0.3) is 0 Å². The van der Waals surface area contributed by atoms with Gasteiger partial charge in [-0.15, -0.1) is 11.3 Å². The van der Waals surface area contributed by atoms with E-state index in [2.05, 4.69) is 23.5 Å². The summed E-state index contributed by atoms with van der Waals surface area (Å²) < 4.78 is 5.14. The maximum Gasteiger partial charge on any atom is 0.261 e. The molecule has 0 bridgehead atoms. The quantitative estimate of drug-likeness (QED) is 0.900. The lowest BCUT2D eigenvalue weighted by Crippen LogP contribution is -2.14. The molecule has 126 valence electrons. The van der Waals surface area contributed by atoms with Crippen LogP contribution >= 0.6 is 11.3 Å². The number of carbonyl (C=O) groups excluding carboxylic acids is 1. The molecule has 2 heterocycles. The second-order valence-corrected chi connectivity index (χ2v) is 7.31. The lowest BCUT2D eigenvalue weighted by molar-refractivity contribution is 0.102. The standard InChI is InChI=1S/C18H21N3O2S/c1-4-11-6-7-12-13(9-19)18(24-15(12)8-11)20-17(22)16-10(3)23-21-14(16)5-2/h11H,4-8H2,1-3H3,(H,20,22)/t11-/m1/s1. The molecule has 0 saturated heterocycles. The number of rotatable bonds is 4. The van der Waals surface area contributed by atoms with Crippen molar-refractivity contribution in [2.45, 2.75) is 52.9 Å². The number of aromatic nitrogens is 1. The van der Waals surface area contributed by atoms with Crippen molar-refractivity contribution < 1.29 is 9.32 Å². The number of nitrogens with one attached hydrogen (secondary N) is 1. The van der Waals surface area contributed by atoms with Gasteiger partial charge in [-0.3, -0.25) is 4.79 Å². The highest BCUT2D eigenvalue weighted by molar-refractivity contribution is 7.16. The summed E-state index contributed by atoms with van der Waals surface area (Å²) in [5.41, 5.74) is 2.89. The number of aryl methyl sites for hydroxylation is 2. The number of fused-ring (bicyclic) bond motifs is 1. The van der Waals surface area contributed by atoms with Crippen molar-refractivity contribution in [2.24, 2.45) is 5.92 Å². The SMILES string of the molecule is CCc1noc(C)c1C(=O)Nc1sc2c(c1C#N)CC[C@@H](CC)C2. The number of hydrogen-bond acceptors (Lipinski definition) is 5. The van der Waals surface area contributed by atoms with E-state index >= 15 is 0 Å². The molecule has 1 N–H and O–H groups in total. The van der Waals surface area contributed by atoms with Crippen molar-refractivity contribution in [3.8, 4) is 6.07 Å². The molecule has 3 rings (SSSR count). The largest absolute Gasteiger partial charge is 0.361 e. The van der Waals surface area contributed by atoms with Gasteiger partial charge in [-0.25, -0.2) is 0 Å². The van der Waals surface area contributed by atoms with Crippen molar-refractivity contribution in [1.29, 1.82) is 5.26 Å². The van der Waals surface area contributed by atoms with Gasteiger partial charge in [-0.05, 0) is 44.1 Å². The first-order valence-electron chi connectivity index (χ1n) is 8.40. The van der Waals surface area contributed by atoms with Crippen molar-refractivity contribution in [3.63, 3.8) is 0 Å². The van der Waals surface area contributed by atoms with E-state index in [9.17, 15) is 10.1 Å². The third-order valence-corrected chi connectivity index (χ3v) is 5.95. The van der Waals surface area contributed by atoms with Crippen LogP contribution in [0.15, 0.2) is 4.52 Å². The van der Waals surface area contributed by atoms with Crippen LogP contribution in [-0.4, -0.2) is 11.1 Å². The number of carbonyl (C=O) groups is 1. The predicted octanol–water partition coefficient (Wildman–Crippen LogP) is 4.25. The molecule has 6 heteroatoms. The van der Waals surface area contributed by atoms with E-state index in [0.29, 0.717) is 39.9 Å². The topological polar surface area (TPSA) is 78.9 Å². The molecule has 1 aliphatic carbocycles. The van der Waals surface area contributed by atoms with Gasteiger partial charge in [-0.2, -0.15) is 5.26 Å². The van der Waals surface area contributed by atoms with E-state index in [0.717, 1.165) is 31.2 Å². The van der Waals surface area contributed by atoms with Crippen molar-refractivity contribution in [2.75, 3.05) is 5.32 Å². The van der Waals surface area contributed by atoms with Gasteiger partial charge in [0.1, 0.15) is 22.4 Å². The molecule has 2 aromatic heterocycles. The van der Waals surface area contributed by atoms with Crippen molar-refractivity contribution in [3.05, 3.63) is 33.0 Å². The minimum atomic E-state index is -0.243. The van der Waals surface area contributed by atoms with E-state index in [-0.39, 0.29) is 5.91 Å². The summed E-state index contributed by atoms with van der Waals surface area (Å²) in [5, 5.41) is 17.1. The van der Waals surface area contributed by atoms with Crippen LogP contribution in [0.1, 0.15) is 64.5 Å². The zero-order valence-electron chi connectivity index (χ0n) is 14.2. The highest BCUT2D eigenvalue weighted by Gasteiger charge is 2.27. The third-order valence-electron chi connectivity index (χ3n) is 4.78. The van der Waals surface area contributed by atoms with Gasteiger partial charge in [0.05, 0.1) is 11.3 Å².